The van der Waals surface area contributed by atoms with E-state index in [9.17, 15) is 18.8 Å². The Kier molecular flexibility index (Phi) is 6.31. The lowest BCUT2D eigenvalue weighted by Crippen LogP contribution is -2.43. The van der Waals surface area contributed by atoms with Gasteiger partial charge in [-0.25, -0.2) is 9.18 Å². The predicted octanol–water partition coefficient (Wildman–Crippen LogP) is 1.77. The van der Waals surface area contributed by atoms with Gasteiger partial charge in [-0.05, 0) is 36.8 Å². The lowest BCUT2D eigenvalue weighted by Gasteiger charge is -2.23. The minimum absolute atomic E-state index is 0.0843. The van der Waals surface area contributed by atoms with Gasteiger partial charge in [0, 0.05) is 12.2 Å². The number of hydrogen-bond donors (Lipinski definition) is 3. The molecule has 0 aliphatic heterocycles. The SMILES string of the molecule is CCN(C(=O)CNc1ccc(F)cc1)c1c(N)n(Cc2ccccc2)c(=O)[nH]c1=O. The molecule has 9 heteroatoms. The summed E-state index contributed by atoms with van der Waals surface area (Å²) in [6.45, 7) is 1.87. The highest BCUT2D eigenvalue weighted by Gasteiger charge is 2.23. The highest BCUT2D eigenvalue weighted by molar-refractivity contribution is 5.98. The fourth-order valence-electron chi connectivity index (χ4n) is 3.06. The molecule has 0 fully saturated rings. The summed E-state index contributed by atoms with van der Waals surface area (Å²) < 4.78 is 14.2. The zero-order valence-electron chi connectivity index (χ0n) is 16.4. The van der Waals surface area contributed by atoms with E-state index in [2.05, 4.69) is 10.3 Å². The summed E-state index contributed by atoms with van der Waals surface area (Å²) in [5.74, 6) is -0.907. The first-order chi connectivity index (χ1) is 14.4. The van der Waals surface area contributed by atoms with Crippen LogP contribution in [0.5, 0.6) is 0 Å². The minimum atomic E-state index is -0.737. The minimum Gasteiger partial charge on any atom is -0.383 e. The van der Waals surface area contributed by atoms with Gasteiger partial charge < -0.3 is 16.0 Å². The van der Waals surface area contributed by atoms with E-state index in [1.807, 2.05) is 30.3 Å². The first-order valence-electron chi connectivity index (χ1n) is 9.37. The van der Waals surface area contributed by atoms with Gasteiger partial charge in [-0.3, -0.25) is 19.1 Å². The third kappa shape index (κ3) is 4.57. The van der Waals surface area contributed by atoms with Crippen LogP contribution < -0.4 is 27.2 Å². The van der Waals surface area contributed by atoms with Crippen molar-refractivity contribution < 1.29 is 9.18 Å². The summed E-state index contributed by atoms with van der Waals surface area (Å²) in [6, 6.07) is 14.7. The lowest BCUT2D eigenvalue weighted by atomic mass is 10.2. The van der Waals surface area contributed by atoms with Gasteiger partial charge in [0.25, 0.3) is 5.56 Å². The molecule has 0 unspecified atom stereocenters. The molecule has 0 radical (unpaired) electrons. The Morgan fingerprint density at radius 2 is 1.80 bits per heavy atom. The molecule has 3 aromatic rings. The summed E-state index contributed by atoms with van der Waals surface area (Å²) in [5, 5.41) is 2.88. The number of aromatic amines is 1. The number of rotatable bonds is 7. The fourth-order valence-corrected chi connectivity index (χ4v) is 3.06. The molecule has 0 spiro atoms. The van der Waals surface area contributed by atoms with Crippen LogP contribution in [-0.4, -0.2) is 28.5 Å². The number of nitrogens with two attached hydrogens (primary N) is 1. The van der Waals surface area contributed by atoms with Crippen molar-refractivity contribution in [3.63, 3.8) is 0 Å². The largest absolute Gasteiger partial charge is 0.383 e. The number of halogens is 1. The Hall–Kier alpha value is -3.88. The van der Waals surface area contributed by atoms with Gasteiger partial charge in [0.1, 0.15) is 11.6 Å². The lowest BCUT2D eigenvalue weighted by molar-refractivity contribution is -0.116. The second-order valence-electron chi connectivity index (χ2n) is 6.56. The highest BCUT2D eigenvalue weighted by atomic mass is 19.1. The van der Waals surface area contributed by atoms with Crippen molar-refractivity contribution in [2.45, 2.75) is 13.5 Å². The average molecular weight is 411 g/mol. The second-order valence-corrected chi connectivity index (χ2v) is 6.56. The smallest absolute Gasteiger partial charge is 0.330 e. The number of H-pyrrole nitrogens is 1. The third-order valence-corrected chi connectivity index (χ3v) is 4.57. The van der Waals surface area contributed by atoms with Crippen LogP contribution in [0.3, 0.4) is 0 Å². The van der Waals surface area contributed by atoms with Crippen LogP contribution >= 0.6 is 0 Å². The van der Waals surface area contributed by atoms with E-state index < -0.39 is 17.2 Å². The van der Waals surface area contributed by atoms with Crippen LogP contribution in [0.15, 0.2) is 64.2 Å². The van der Waals surface area contributed by atoms with E-state index in [4.69, 9.17) is 5.73 Å². The van der Waals surface area contributed by atoms with Gasteiger partial charge in [0.15, 0.2) is 5.69 Å². The number of aromatic nitrogens is 2. The molecular weight excluding hydrogens is 389 g/mol. The van der Waals surface area contributed by atoms with E-state index >= 15 is 0 Å². The summed E-state index contributed by atoms with van der Waals surface area (Å²) in [5.41, 5.74) is 6.05. The molecule has 0 saturated carbocycles. The van der Waals surface area contributed by atoms with Crippen LogP contribution in [0.2, 0.25) is 0 Å². The van der Waals surface area contributed by atoms with Crippen molar-refractivity contribution >= 4 is 23.1 Å². The number of amides is 1. The number of likely N-dealkylation sites (N-methyl/N-ethyl adjacent to an activating group) is 1. The standard InChI is InChI=1S/C21H22FN5O3/c1-2-26(17(28)12-24-16-10-8-15(22)9-11-16)18-19(23)27(21(30)25-20(18)29)13-14-6-4-3-5-7-14/h3-11,24H,2,12-13,23H2,1H3,(H,25,29,30). The molecule has 0 saturated heterocycles. The molecule has 3 rings (SSSR count). The van der Waals surface area contributed by atoms with Crippen molar-refractivity contribution in [1.82, 2.24) is 9.55 Å². The summed E-state index contributed by atoms with van der Waals surface area (Å²) in [7, 11) is 0. The topological polar surface area (TPSA) is 113 Å². The first-order valence-corrected chi connectivity index (χ1v) is 9.37. The summed E-state index contributed by atoms with van der Waals surface area (Å²) in [6.07, 6.45) is 0. The van der Waals surface area contributed by atoms with Crippen molar-refractivity contribution in [3.8, 4) is 0 Å². The molecule has 1 amide bonds. The maximum atomic E-state index is 13.0. The number of hydrogen-bond acceptors (Lipinski definition) is 5. The van der Waals surface area contributed by atoms with Gasteiger partial charge in [0.05, 0.1) is 13.1 Å². The Bertz CT molecular complexity index is 1140. The molecule has 0 atom stereocenters. The zero-order chi connectivity index (χ0) is 21.7. The van der Waals surface area contributed by atoms with Crippen molar-refractivity contribution in [3.05, 3.63) is 86.8 Å². The van der Waals surface area contributed by atoms with E-state index in [0.29, 0.717) is 5.69 Å². The number of nitrogens with zero attached hydrogens (tertiary/aromatic N) is 2. The quantitative estimate of drug-likeness (QED) is 0.548. The molecule has 2 aromatic carbocycles. The van der Waals surface area contributed by atoms with Crippen LogP contribution in [0.1, 0.15) is 12.5 Å². The van der Waals surface area contributed by atoms with Crippen LogP contribution in [0.4, 0.5) is 21.6 Å². The van der Waals surface area contributed by atoms with Gasteiger partial charge in [-0.2, -0.15) is 0 Å². The number of carbonyl (C=O) groups excluding carboxylic acids is 1. The number of anilines is 3. The van der Waals surface area contributed by atoms with Gasteiger partial charge in [-0.1, -0.05) is 30.3 Å². The van der Waals surface area contributed by atoms with E-state index in [1.54, 1.807) is 6.92 Å². The van der Waals surface area contributed by atoms with Crippen LogP contribution in [0, 0.1) is 5.82 Å². The maximum absolute atomic E-state index is 13.0. The molecule has 156 valence electrons. The first kappa shape index (κ1) is 20.8. The fraction of sp³-hybridized carbons (Fsp3) is 0.190. The molecule has 30 heavy (non-hydrogen) atoms. The van der Waals surface area contributed by atoms with E-state index in [0.717, 1.165) is 5.56 Å². The number of nitrogens with one attached hydrogen (secondary N) is 2. The van der Waals surface area contributed by atoms with Crippen molar-refractivity contribution in [2.75, 3.05) is 29.0 Å². The molecule has 0 aliphatic rings. The molecule has 1 heterocycles. The molecule has 0 aliphatic carbocycles. The Balaban J connectivity index is 1.88. The molecule has 4 N–H and O–H groups in total. The van der Waals surface area contributed by atoms with Gasteiger partial charge >= 0.3 is 5.69 Å². The van der Waals surface area contributed by atoms with E-state index in [-0.39, 0.29) is 37.0 Å². The van der Waals surface area contributed by atoms with Gasteiger partial charge in [-0.15, -0.1) is 0 Å². The molecule has 1 aromatic heterocycles. The third-order valence-electron chi connectivity index (χ3n) is 4.57. The van der Waals surface area contributed by atoms with E-state index in [1.165, 1.54) is 33.7 Å². The molecular formula is C21H22FN5O3. The predicted molar refractivity (Wildman–Crippen MR) is 114 cm³/mol. The Labute approximate surface area is 171 Å². The number of carbonyl (C=O) groups is 1. The molecule has 8 nitrogen and oxygen atoms in total. The highest BCUT2D eigenvalue weighted by Crippen LogP contribution is 2.18. The van der Waals surface area contributed by atoms with Crippen molar-refractivity contribution in [1.29, 1.82) is 0 Å². The normalized spacial score (nSPS) is 10.6. The Morgan fingerprint density at radius 1 is 1.13 bits per heavy atom. The Morgan fingerprint density at radius 3 is 2.43 bits per heavy atom. The second kappa shape index (κ2) is 9.08. The van der Waals surface area contributed by atoms with Crippen molar-refractivity contribution in [2.24, 2.45) is 0 Å². The molecule has 0 bridgehead atoms. The summed E-state index contributed by atoms with van der Waals surface area (Å²) in [4.78, 5) is 41.0. The number of nitrogen functional groups attached to an aromatic ring is 1. The van der Waals surface area contributed by atoms with Gasteiger partial charge in [0.2, 0.25) is 5.91 Å². The van der Waals surface area contributed by atoms with Crippen LogP contribution in [0.25, 0.3) is 0 Å². The monoisotopic (exact) mass is 411 g/mol. The number of benzene rings is 2. The maximum Gasteiger partial charge on any atom is 0.330 e. The zero-order valence-corrected chi connectivity index (χ0v) is 16.4. The average Bonchev–Trinajstić information content (AvgIpc) is 2.74. The summed E-state index contributed by atoms with van der Waals surface area (Å²) >= 11 is 0. The van der Waals surface area contributed by atoms with Crippen LogP contribution in [-0.2, 0) is 11.3 Å².